The van der Waals surface area contributed by atoms with Crippen LogP contribution in [0.1, 0.15) is 42.3 Å². The number of aromatic hydroxyl groups is 1. The van der Waals surface area contributed by atoms with Gasteiger partial charge < -0.3 is 5.11 Å². The molecule has 24 heavy (non-hydrogen) atoms. The Balaban J connectivity index is 2.08. The first-order chi connectivity index (χ1) is 11.2. The fourth-order valence-electron chi connectivity index (χ4n) is 2.03. The molecule has 0 aliphatic carbocycles. The second-order valence-electron chi connectivity index (χ2n) is 6.35. The number of carbonyl (C=O) groups is 1. The van der Waals surface area contributed by atoms with E-state index in [9.17, 15) is 9.90 Å². The highest BCUT2D eigenvalue weighted by Gasteiger charge is 2.14. The van der Waals surface area contributed by atoms with Gasteiger partial charge in [-0.15, -0.1) is 0 Å². The lowest BCUT2D eigenvalue weighted by molar-refractivity contribution is 0.0955. The van der Waals surface area contributed by atoms with Gasteiger partial charge in [-0.3, -0.25) is 4.79 Å². The Hall–Kier alpha value is -2.04. The fraction of sp³-hybridized carbons (Fsp3) is 0.222. The number of carbonyl (C=O) groups excluding carboxylic acids is 1. The van der Waals surface area contributed by atoms with Crippen molar-refractivity contribution in [3.05, 3.63) is 63.1 Å². The Labute approximate surface area is 151 Å². The van der Waals surface area contributed by atoms with Crippen LogP contribution >= 0.6 is 23.2 Å². The molecule has 2 rings (SSSR count). The predicted molar refractivity (Wildman–Crippen MR) is 98.3 cm³/mol. The zero-order valence-electron chi connectivity index (χ0n) is 13.6. The Morgan fingerprint density at radius 3 is 2.38 bits per heavy atom. The third-order valence-corrected chi connectivity index (χ3v) is 3.95. The van der Waals surface area contributed by atoms with Crippen molar-refractivity contribution in [2.45, 2.75) is 26.2 Å². The maximum atomic E-state index is 12.1. The van der Waals surface area contributed by atoms with Crippen LogP contribution in [-0.2, 0) is 5.41 Å². The lowest BCUT2D eigenvalue weighted by Crippen LogP contribution is -2.18. The number of hydrogen-bond donors (Lipinski definition) is 2. The molecule has 0 radical (unpaired) electrons. The average Bonchev–Trinajstić information content (AvgIpc) is 2.51. The molecule has 1 amide bonds. The van der Waals surface area contributed by atoms with Crippen molar-refractivity contribution < 1.29 is 9.90 Å². The molecule has 0 aromatic heterocycles. The van der Waals surface area contributed by atoms with Crippen molar-refractivity contribution >= 4 is 35.3 Å². The van der Waals surface area contributed by atoms with Crippen LogP contribution in [0.5, 0.6) is 5.75 Å². The standard InChI is InChI=1S/C18H18Cl2N2O2/c1-18(2,3)13-6-4-11(5-7-13)17(24)22-21-10-12-8-14(19)9-15(20)16(12)23/h4-10,23H,1-3H3,(H,22,24)/b21-10-. The van der Waals surface area contributed by atoms with E-state index in [2.05, 4.69) is 31.3 Å². The number of rotatable bonds is 3. The molecular weight excluding hydrogens is 347 g/mol. The van der Waals surface area contributed by atoms with Crippen molar-refractivity contribution in [3.8, 4) is 5.75 Å². The van der Waals surface area contributed by atoms with Crippen LogP contribution in [0, 0.1) is 0 Å². The molecule has 0 spiro atoms. The topological polar surface area (TPSA) is 61.7 Å². The van der Waals surface area contributed by atoms with Crippen LogP contribution in [0.25, 0.3) is 0 Å². The first kappa shape index (κ1) is 18.3. The van der Waals surface area contributed by atoms with Gasteiger partial charge in [-0.2, -0.15) is 5.10 Å². The third-order valence-electron chi connectivity index (χ3n) is 3.44. The van der Waals surface area contributed by atoms with Crippen molar-refractivity contribution in [3.63, 3.8) is 0 Å². The number of hydrazone groups is 1. The number of amides is 1. The first-order valence-corrected chi connectivity index (χ1v) is 8.06. The van der Waals surface area contributed by atoms with Gasteiger partial charge in [-0.05, 0) is 35.2 Å². The summed E-state index contributed by atoms with van der Waals surface area (Å²) in [5.41, 5.74) is 4.38. The van der Waals surface area contributed by atoms with E-state index >= 15 is 0 Å². The molecule has 0 saturated heterocycles. The van der Waals surface area contributed by atoms with Crippen LogP contribution in [0.15, 0.2) is 41.5 Å². The number of phenols is 1. The third kappa shape index (κ3) is 4.49. The number of phenolic OH excluding ortho intramolecular Hbond substituents is 1. The highest BCUT2D eigenvalue weighted by Crippen LogP contribution is 2.30. The molecule has 6 heteroatoms. The van der Waals surface area contributed by atoms with Gasteiger partial charge >= 0.3 is 0 Å². The van der Waals surface area contributed by atoms with Crippen molar-refractivity contribution in [2.75, 3.05) is 0 Å². The van der Waals surface area contributed by atoms with Crippen LogP contribution in [0.3, 0.4) is 0 Å². The Morgan fingerprint density at radius 2 is 1.79 bits per heavy atom. The monoisotopic (exact) mass is 364 g/mol. The maximum absolute atomic E-state index is 12.1. The number of hydrogen-bond acceptors (Lipinski definition) is 3. The molecule has 2 aromatic rings. The van der Waals surface area contributed by atoms with E-state index < -0.39 is 0 Å². The molecule has 0 unspecified atom stereocenters. The van der Waals surface area contributed by atoms with E-state index in [0.717, 1.165) is 5.56 Å². The molecular formula is C18H18Cl2N2O2. The summed E-state index contributed by atoms with van der Waals surface area (Å²) in [6.07, 6.45) is 1.29. The van der Waals surface area contributed by atoms with E-state index in [1.807, 2.05) is 12.1 Å². The highest BCUT2D eigenvalue weighted by atomic mass is 35.5. The van der Waals surface area contributed by atoms with Gasteiger partial charge in [-0.1, -0.05) is 56.1 Å². The van der Waals surface area contributed by atoms with Crippen molar-refractivity contribution in [1.29, 1.82) is 0 Å². The average molecular weight is 365 g/mol. The number of nitrogens with zero attached hydrogens (tertiary/aromatic N) is 1. The smallest absolute Gasteiger partial charge is 0.271 e. The Bertz CT molecular complexity index is 779. The molecule has 0 aliphatic rings. The molecule has 0 fully saturated rings. The van der Waals surface area contributed by atoms with Crippen LogP contribution < -0.4 is 5.43 Å². The first-order valence-electron chi connectivity index (χ1n) is 7.30. The zero-order chi connectivity index (χ0) is 17.9. The van der Waals surface area contributed by atoms with E-state index in [-0.39, 0.29) is 22.1 Å². The van der Waals surface area contributed by atoms with Gasteiger partial charge in [0.25, 0.3) is 5.91 Å². The Kier molecular flexibility index (Phi) is 5.52. The summed E-state index contributed by atoms with van der Waals surface area (Å²) in [5, 5.41) is 14.1. The molecule has 0 bridgehead atoms. The summed E-state index contributed by atoms with van der Waals surface area (Å²) in [7, 11) is 0. The summed E-state index contributed by atoms with van der Waals surface area (Å²) in [5.74, 6) is -0.493. The molecule has 4 nitrogen and oxygen atoms in total. The van der Waals surface area contributed by atoms with Crippen LogP contribution in [-0.4, -0.2) is 17.2 Å². The summed E-state index contributed by atoms with van der Waals surface area (Å²) in [4.78, 5) is 12.1. The molecule has 0 aliphatic heterocycles. The molecule has 0 heterocycles. The van der Waals surface area contributed by atoms with Gasteiger partial charge in [0, 0.05) is 16.1 Å². The van der Waals surface area contributed by atoms with Crippen LogP contribution in [0.4, 0.5) is 0 Å². The SMILES string of the molecule is CC(C)(C)c1ccc(C(=O)N/N=C\c2cc(Cl)cc(Cl)c2O)cc1. The molecule has 126 valence electrons. The maximum Gasteiger partial charge on any atom is 0.271 e. The van der Waals surface area contributed by atoms with Crippen molar-refractivity contribution in [2.24, 2.45) is 5.10 Å². The Morgan fingerprint density at radius 1 is 1.17 bits per heavy atom. The van der Waals surface area contributed by atoms with E-state index in [1.54, 1.807) is 12.1 Å². The van der Waals surface area contributed by atoms with Gasteiger partial charge in [0.1, 0.15) is 5.75 Å². The minimum Gasteiger partial charge on any atom is -0.506 e. The van der Waals surface area contributed by atoms with Gasteiger partial charge in [-0.25, -0.2) is 5.43 Å². The summed E-state index contributed by atoms with van der Waals surface area (Å²) < 4.78 is 0. The molecule has 0 atom stereocenters. The van der Waals surface area contributed by atoms with Gasteiger partial charge in [0.05, 0.1) is 11.2 Å². The lowest BCUT2D eigenvalue weighted by atomic mass is 9.87. The van der Waals surface area contributed by atoms with E-state index in [0.29, 0.717) is 16.1 Å². The highest BCUT2D eigenvalue weighted by molar-refractivity contribution is 6.36. The van der Waals surface area contributed by atoms with Crippen LogP contribution in [0.2, 0.25) is 10.0 Å². The van der Waals surface area contributed by atoms with Gasteiger partial charge in [0.2, 0.25) is 0 Å². The minimum atomic E-state index is -0.348. The predicted octanol–water partition coefficient (Wildman–Crippen LogP) is 4.76. The second-order valence-corrected chi connectivity index (χ2v) is 7.20. The van der Waals surface area contributed by atoms with Gasteiger partial charge in [0.15, 0.2) is 0 Å². The second kappa shape index (κ2) is 7.24. The molecule has 2 aromatic carbocycles. The largest absolute Gasteiger partial charge is 0.506 e. The number of halogens is 2. The lowest BCUT2D eigenvalue weighted by Gasteiger charge is -2.18. The number of nitrogens with one attached hydrogen (secondary N) is 1. The summed E-state index contributed by atoms with van der Waals surface area (Å²) >= 11 is 11.7. The molecule has 2 N–H and O–H groups in total. The van der Waals surface area contributed by atoms with Crippen molar-refractivity contribution in [1.82, 2.24) is 5.43 Å². The summed E-state index contributed by atoms with van der Waals surface area (Å²) in [6, 6.07) is 10.3. The van der Waals surface area contributed by atoms with E-state index in [1.165, 1.54) is 18.3 Å². The molecule has 0 saturated carbocycles. The normalized spacial score (nSPS) is 11.7. The zero-order valence-corrected chi connectivity index (χ0v) is 15.1. The quantitative estimate of drug-likeness (QED) is 0.609. The summed E-state index contributed by atoms with van der Waals surface area (Å²) in [6.45, 7) is 6.32. The minimum absolute atomic E-state index is 0.0243. The fourth-order valence-corrected chi connectivity index (χ4v) is 2.54. The number of benzene rings is 2. The van der Waals surface area contributed by atoms with E-state index in [4.69, 9.17) is 23.2 Å².